The molecule has 0 fully saturated rings. The fourth-order valence-electron chi connectivity index (χ4n) is 1.82. The number of benzene rings is 1. The smallest absolute Gasteiger partial charge is 0.350 e. The molecule has 2 rings (SSSR count). The molecule has 0 saturated heterocycles. The van der Waals surface area contributed by atoms with Gasteiger partial charge in [-0.3, -0.25) is 0 Å². The maximum atomic E-state index is 12.6. The summed E-state index contributed by atoms with van der Waals surface area (Å²) in [5, 5.41) is 8.17. The second kappa shape index (κ2) is 7.64. The molecule has 2 aromatic rings. The molecule has 0 aliphatic heterocycles. The zero-order chi connectivity index (χ0) is 19.4. The number of rotatable bonds is 5. The standard InChI is InChI=1S/C14H12F6N4O2/c15-13(16,17)7-26-8-24-6-11(5-21-24)23-12(25)22-10-3-1-2-9(4-10)14(18,19)20/h1-6H,7-8H2,(H2,22,23,25). The summed E-state index contributed by atoms with van der Waals surface area (Å²) in [6, 6.07) is 3.17. The molecule has 142 valence electrons. The Kier molecular flexibility index (Phi) is 5.75. The van der Waals surface area contributed by atoms with Crippen molar-refractivity contribution in [2.45, 2.75) is 19.1 Å². The van der Waals surface area contributed by atoms with Crippen molar-refractivity contribution in [1.82, 2.24) is 9.78 Å². The maximum Gasteiger partial charge on any atom is 0.416 e. The quantitative estimate of drug-likeness (QED) is 0.766. The lowest BCUT2D eigenvalue weighted by molar-refractivity contribution is -0.182. The minimum Gasteiger partial charge on any atom is -0.350 e. The lowest BCUT2D eigenvalue weighted by Gasteiger charge is -2.10. The van der Waals surface area contributed by atoms with Crippen molar-refractivity contribution in [3.63, 3.8) is 0 Å². The molecule has 0 aliphatic carbocycles. The number of ether oxygens (including phenoxy) is 1. The predicted molar refractivity (Wildman–Crippen MR) is 78.3 cm³/mol. The number of hydrogen-bond acceptors (Lipinski definition) is 3. The van der Waals surface area contributed by atoms with Gasteiger partial charge in [0.1, 0.15) is 13.3 Å². The van der Waals surface area contributed by atoms with E-state index in [9.17, 15) is 31.1 Å². The van der Waals surface area contributed by atoms with Gasteiger partial charge in [0.05, 0.1) is 23.6 Å². The van der Waals surface area contributed by atoms with Gasteiger partial charge in [-0.1, -0.05) is 6.07 Å². The second-order valence-corrected chi connectivity index (χ2v) is 5.02. The van der Waals surface area contributed by atoms with Gasteiger partial charge in [0.2, 0.25) is 0 Å². The second-order valence-electron chi connectivity index (χ2n) is 5.02. The van der Waals surface area contributed by atoms with E-state index in [1.165, 1.54) is 12.3 Å². The van der Waals surface area contributed by atoms with Crippen LogP contribution in [0.25, 0.3) is 0 Å². The van der Waals surface area contributed by atoms with Gasteiger partial charge in [-0.25, -0.2) is 9.48 Å². The summed E-state index contributed by atoms with van der Waals surface area (Å²) < 4.78 is 79.1. The molecular weight excluding hydrogens is 370 g/mol. The van der Waals surface area contributed by atoms with Crippen LogP contribution in [0.4, 0.5) is 42.5 Å². The highest BCUT2D eigenvalue weighted by Crippen LogP contribution is 2.30. The summed E-state index contributed by atoms with van der Waals surface area (Å²) in [4.78, 5) is 11.8. The molecule has 1 aromatic heterocycles. The summed E-state index contributed by atoms with van der Waals surface area (Å²) in [5.74, 6) is 0. The van der Waals surface area contributed by atoms with Crippen molar-refractivity contribution < 1.29 is 35.9 Å². The summed E-state index contributed by atoms with van der Waals surface area (Å²) in [7, 11) is 0. The zero-order valence-electron chi connectivity index (χ0n) is 12.9. The lowest BCUT2D eigenvalue weighted by Crippen LogP contribution is -2.20. The Morgan fingerprint density at radius 3 is 2.46 bits per heavy atom. The van der Waals surface area contributed by atoms with E-state index in [0.717, 1.165) is 29.1 Å². The minimum atomic E-state index is -4.55. The van der Waals surface area contributed by atoms with Crippen LogP contribution in [0.2, 0.25) is 0 Å². The van der Waals surface area contributed by atoms with Gasteiger partial charge in [-0.15, -0.1) is 0 Å². The van der Waals surface area contributed by atoms with E-state index in [0.29, 0.717) is 0 Å². The normalized spacial score (nSPS) is 12.1. The van der Waals surface area contributed by atoms with E-state index < -0.39 is 37.3 Å². The highest BCUT2D eigenvalue weighted by Gasteiger charge is 2.30. The van der Waals surface area contributed by atoms with Crippen LogP contribution in [0, 0.1) is 0 Å². The molecular formula is C14H12F6N4O2. The summed E-state index contributed by atoms with van der Waals surface area (Å²) in [6.45, 7) is -1.94. The number of aromatic nitrogens is 2. The molecule has 2 amide bonds. The first kappa shape index (κ1) is 19.6. The molecule has 0 radical (unpaired) electrons. The van der Waals surface area contributed by atoms with Crippen molar-refractivity contribution in [2.24, 2.45) is 0 Å². The molecule has 6 nitrogen and oxygen atoms in total. The fraction of sp³-hybridized carbons (Fsp3) is 0.286. The number of amides is 2. The van der Waals surface area contributed by atoms with Crippen LogP contribution in [0.1, 0.15) is 5.56 Å². The minimum absolute atomic E-state index is 0.0850. The number of nitrogens with one attached hydrogen (secondary N) is 2. The molecule has 0 spiro atoms. The number of alkyl halides is 6. The van der Waals surface area contributed by atoms with Gasteiger partial charge in [0.25, 0.3) is 0 Å². The van der Waals surface area contributed by atoms with Gasteiger partial charge >= 0.3 is 18.4 Å². The number of carbonyl (C=O) groups is 1. The Labute approximate surface area is 142 Å². The Morgan fingerprint density at radius 1 is 1.12 bits per heavy atom. The van der Waals surface area contributed by atoms with Crippen molar-refractivity contribution in [2.75, 3.05) is 17.2 Å². The molecule has 0 atom stereocenters. The van der Waals surface area contributed by atoms with Crippen molar-refractivity contribution in [3.05, 3.63) is 42.2 Å². The SMILES string of the molecule is O=C(Nc1cccc(C(F)(F)F)c1)Nc1cnn(COCC(F)(F)F)c1. The van der Waals surface area contributed by atoms with Crippen LogP contribution >= 0.6 is 0 Å². The average Bonchev–Trinajstić information content (AvgIpc) is 2.92. The Bertz CT molecular complexity index is 756. The Balaban J connectivity index is 1.89. The average molecular weight is 382 g/mol. The molecule has 0 bridgehead atoms. The van der Waals surface area contributed by atoms with Crippen LogP contribution in [0.3, 0.4) is 0 Å². The van der Waals surface area contributed by atoms with Crippen molar-refractivity contribution in [3.8, 4) is 0 Å². The summed E-state index contributed by atoms with van der Waals surface area (Å²) in [6.07, 6.45) is -6.68. The number of anilines is 2. The van der Waals surface area contributed by atoms with Gasteiger partial charge in [-0.05, 0) is 18.2 Å². The van der Waals surface area contributed by atoms with Crippen LogP contribution in [-0.4, -0.2) is 28.6 Å². The third-order valence-electron chi connectivity index (χ3n) is 2.83. The highest BCUT2D eigenvalue weighted by molar-refractivity contribution is 5.99. The van der Waals surface area contributed by atoms with Gasteiger partial charge in [0.15, 0.2) is 0 Å². The highest BCUT2D eigenvalue weighted by atomic mass is 19.4. The molecule has 1 aromatic carbocycles. The van der Waals surface area contributed by atoms with Crippen LogP contribution in [0.5, 0.6) is 0 Å². The molecule has 0 saturated carbocycles. The van der Waals surface area contributed by atoms with Crippen molar-refractivity contribution >= 4 is 17.4 Å². The first-order chi connectivity index (χ1) is 12.0. The molecule has 0 unspecified atom stereocenters. The van der Waals surface area contributed by atoms with E-state index >= 15 is 0 Å². The van der Waals surface area contributed by atoms with Crippen LogP contribution in [0.15, 0.2) is 36.7 Å². The van der Waals surface area contributed by atoms with E-state index in [1.807, 2.05) is 0 Å². The molecule has 1 heterocycles. The zero-order valence-corrected chi connectivity index (χ0v) is 12.9. The lowest BCUT2D eigenvalue weighted by atomic mass is 10.2. The first-order valence-electron chi connectivity index (χ1n) is 6.95. The number of nitrogens with zero attached hydrogens (tertiary/aromatic N) is 2. The molecule has 12 heteroatoms. The maximum absolute atomic E-state index is 12.6. The number of hydrogen-bond donors (Lipinski definition) is 2. The Hall–Kier alpha value is -2.76. The van der Waals surface area contributed by atoms with Crippen molar-refractivity contribution in [1.29, 1.82) is 0 Å². The topological polar surface area (TPSA) is 68.2 Å². The van der Waals surface area contributed by atoms with Gasteiger partial charge in [0, 0.05) is 5.69 Å². The van der Waals surface area contributed by atoms with E-state index in [1.54, 1.807) is 0 Å². The third-order valence-corrected chi connectivity index (χ3v) is 2.83. The van der Waals surface area contributed by atoms with Gasteiger partial charge < -0.3 is 15.4 Å². The predicted octanol–water partition coefficient (Wildman–Crippen LogP) is 4.08. The molecule has 2 N–H and O–H groups in total. The third kappa shape index (κ3) is 6.27. The van der Waals surface area contributed by atoms with E-state index in [4.69, 9.17) is 0 Å². The summed E-state index contributed by atoms with van der Waals surface area (Å²) in [5.41, 5.74) is -0.895. The largest absolute Gasteiger partial charge is 0.416 e. The fourth-order valence-corrected chi connectivity index (χ4v) is 1.82. The monoisotopic (exact) mass is 382 g/mol. The number of carbonyl (C=O) groups excluding carboxylic acids is 1. The van der Waals surface area contributed by atoms with E-state index in [-0.39, 0.29) is 11.4 Å². The van der Waals surface area contributed by atoms with E-state index in [2.05, 4.69) is 20.5 Å². The van der Waals surface area contributed by atoms with Gasteiger partial charge in [-0.2, -0.15) is 31.4 Å². The van der Waals surface area contributed by atoms with Crippen LogP contribution < -0.4 is 10.6 Å². The number of halogens is 6. The Morgan fingerprint density at radius 2 is 1.81 bits per heavy atom. The first-order valence-corrected chi connectivity index (χ1v) is 6.95. The molecule has 0 aliphatic rings. The summed E-state index contributed by atoms with van der Waals surface area (Å²) >= 11 is 0. The molecule has 26 heavy (non-hydrogen) atoms. The number of urea groups is 1. The van der Waals surface area contributed by atoms with Crippen LogP contribution in [-0.2, 0) is 17.6 Å².